The average molecular weight is 208 g/mol. The lowest BCUT2D eigenvalue weighted by Gasteiger charge is -2.16. The quantitative estimate of drug-likeness (QED) is 0.548. The van der Waals surface area contributed by atoms with Crippen molar-refractivity contribution in [2.24, 2.45) is 11.8 Å². The number of fused-ring (bicyclic) bond motifs is 1. The minimum absolute atomic E-state index is 0.243. The van der Waals surface area contributed by atoms with Gasteiger partial charge in [-0.05, 0) is 31.2 Å². The number of anilines is 1. The van der Waals surface area contributed by atoms with Gasteiger partial charge in [0.1, 0.15) is 0 Å². The third-order valence-corrected chi connectivity index (χ3v) is 3.77. The Morgan fingerprint density at radius 3 is 2.93 bits per heavy atom. The van der Waals surface area contributed by atoms with Crippen molar-refractivity contribution in [1.82, 2.24) is 20.2 Å². The summed E-state index contributed by atoms with van der Waals surface area (Å²) in [6.45, 7) is 1.07. The lowest BCUT2D eigenvalue weighted by molar-refractivity contribution is 0.402. The van der Waals surface area contributed by atoms with E-state index < -0.39 is 0 Å². The third kappa shape index (κ3) is 1.21. The highest BCUT2D eigenvalue weighted by Crippen LogP contribution is 2.43. The van der Waals surface area contributed by atoms with Gasteiger partial charge in [0.25, 0.3) is 0 Å². The van der Waals surface area contributed by atoms with Crippen LogP contribution in [-0.4, -0.2) is 21.4 Å². The van der Waals surface area contributed by atoms with Crippen molar-refractivity contribution >= 4 is 5.95 Å². The van der Waals surface area contributed by atoms with Crippen LogP contribution < -0.4 is 16.9 Å². The van der Waals surface area contributed by atoms with Crippen LogP contribution in [0.25, 0.3) is 0 Å². The number of rotatable bonds is 1. The maximum atomic E-state index is 5.79. The number of nitrogens with zero attached hydrogens (tertiary/aromatic N) is 3. The fourth-order valence-electron chi connectivity index (χ4n) is 3.00. The summed E-state index contributed by atoms with van der Waals surface area (Å²) in [6, 6.07) is 0.243. The molecule has 1 aromatic heterocycles. The van der Waals surface area contributed by atoms with E-state index in [4.69, 9.17) is 11.6 Å². The summed E-state index contributed by atoms with van der Waals surface area (Å²) in [4.78, 5) is 0. The van der Waals surface area contributed by atoms with Crippen LogP contribution in [0.4, 0.5) is 5.95 Å². The van der Waals surface area contributed by atoms with Crippen LogP contribution in [0, 0.1) is 11.8 Å². The Labute approximate surface area is 88.0 Å². The molecule has 2 aliphatic rings. The van der Waals surface area contributed by atoms with E-state index in [9.17, 15) is 0 Å². The predicted octanol–water partition coefficient (Wildman–Crippen LogP) is -0.365. The average Bonchev–Trinajstić information content (AvgIpc) is 2.85. The van der Waals surface area contributed by atoms with E-state index in [1.807, 2.05) is 0 Å². The lowest BCUT2D eigenvalue weighted by atomic mass is 9.94. The maximum Gasteiger partial charge on any atom is 0.240 e. The van der Waals surface area contributed by atoms with Crippen molar-refractivity contribution in [3.05, 3.63) is 5.82 Å². The Bertz CT molecular complexity index is 373. The van der Waals surface area contributed by atoms with Crippen LogP contribution in [0.5, 0.6) is 0 Å². The van der Waals surface area contributed by atoms with E-state index in [1.165, 1.54) is 23.9 Å². The zero-order valence-corrected chi connectivity index (χ0v) is 8.56. The van der Waals surface area contributed by atoms with Gasteiger partial charge in [0, 0.05) is 0 Å². The summed E-state index contributed by atoms with van der Waals surface area (Å²) < 4.78 is 1.40. The Hall–Kier alpha value is -1.30. The normalized spacial score (nSPS) is 34.5. The molecule has 1 saturated carbocycles. The van der Waals surface area contributed by atoms with Crippen LogP contribution >= 0.6 is 0 Å². The molecule has 1 aliphatic carbocycles. The zero-order chi connectivity index (χ0) is 10.4. The predicted molar refractivity (Wildman–Crippen MR) is 56.2 cm³/mol. The van der Waals surface area contributed by atoms with Crippen LogP contribution in [0.3, 0.4) is 0 Å². The number of nitrogens with two attached hydrogens (primary N) is 2. The zero-order valence-electron chi connectivity index (χ0n) is 8.56. The molecular weight excluding hydrogens is 192 g/mol. The molecule has 0 amide bonds. The molecule has 2 heterocycles. The van der Waals surface area contributed by atoms with Crippen LogP contribution in [0.15, 0.2) is 0 Å². The highest BCUT2D eigenvalue weighted by molar-refractivity contribution is 5.20. The Balaban J connectivity index is 1.91. The highest BCUT2D eigenvalue weighted by Gasteiger charge is 2.41. The first-order valence-corrected chi connectivity index (χ1v) is 5.46. The number of aromatic nitrogens is 3. The second-order valence-corrected chi connectivity index (χ2v) is 4.53. The van der Waals surface area contributed by atoms with Crippen molar-refractivity contribution in [3.8, 4) is 0 Å². The van der Waals surface area contributed by atoms with Gasteiger partial charge >= 0.3 is 0 Å². The molecule has 1 aromatic rings. The highest BCUT2D eigenvalue weighted by atomic mass is 15.5. The van der Waals surface area contributed by atoms with Gasteiger partial charge in [-0.2, -0.15) is 0 Å². The van der Waals surface area contributed by atoms with Gasteiger partial charge in [-0.1, -0.05) is 6.42 Å². The summed E-state index contributed by atoms with van der Waals surface area (Å²) in [6.07, 6.45) is 3.90. The largest absolute Gasteiger partial charge is 0.366 e. The third-order valence-electron chi connectivity index (χ3n) is 3.77. The maximum absolute atomic E-state index is 5.79. The smallest absolute Gasteiger partial charge is 0.240 e. The summed E-state index contributed by atoms with van der Waals surface area (Å²) >= 11 is 0. The van der Waals surface area contributed by atoms with Crippen LogP contribution in [-0.2, 0) is 0 Å². The number of nitrogens with one attached hydrogen (secondary N) is 1. The molecule has 0 radical (unpaired) electrons. The first kappa shape index (κ1) is 8.96. The van der Waals surface area contributed by atoms with E-state index in [0.717, 1.165) is 18.3 Å². The monoisotopic (exact) mass is 208 g/mol. The van der Waals surface area contributed by atoms with Crippen molar-refractivity contribution in [3.63, 3.8) is 0 Å². The molecule has 6 nitrogen and oxygen atoms in total. The van der Waals surface area contributed by atoms with Gasteiger partial charge in [0.05, 0.1) is 6.04 Å². The van der Waals surface area contributed by atoms with E-state index in [0.29, 0.717) is 5.92 Å². The molecule has 0 aromatic carbocycles. The summed E-state index contributed by atoms with van der Waals surface area (Å²) in [5, 5.41) is 11.3. The van der Waals surface area contributed by atoms with Crippen molar-refractivity contribution < 1.29 is 0 Å². The van der Waals surface area contributed by atoms with E-state index in [-0.39, 0.29) is 12.0 Å². The molecule has 3 rings (SSSR count). The molecule has 5 N–H and O–H groups in total. The molecule has 0 spiro atoms. The number of nitrogen functional groups attached to an aromatic ring is 2. The molecule has 6 heteroatoms. The fourth-order valence-corrected chi connectivity index (χ4v) is 3.00. The molecule has 1 aliphatic heterocycles. The van der Waals surface area contributed by atoms with E-state index in [1.54, 1.807) is 0 Å². The minimum atomic E-state index is 0.243. The van der Waals surface area contributed by atoms with Gasteiger partial charge in [-0.15, -0.1) is 10.2 Å². The molecule has 15 heavy (non-hydrogen) atoms. The van der Waals surface area contributed by atoms with Gasteiger partial charge in [-0.25, -0.2) is 4.68 Å². The number of hydrogen-bond acceptors (Lipinski definition) is 5. The van der Waals surface area contributed by atoms with Crippen molar-refractivity contribution in [1.29, 1.82) is 0 Å². The first-order valence-electron chi connectivity index (χ1n) is 5.46. The summed E-state index contributed by atoms with van der Waals surface area (Å²) in [5.41, 5.74) is 5.58. The molecule has 3 unspecified atom stereocenters. The minimum Gasteiger partial charge on any atom is -0.366 e. The Morgan fingerprint density at radius 1 is 1.33 bits per heavy atom. The summed E-state index contributed by atoms with van der Waals surface area (Å²) in [5.74, 6) is 8.30. The SMILES string of the molecule is Nc1nnc(C2NCC3CCCC32)n1N. The van der Waals surface area contributed by atoms with Crippen molar-refractivity contribution in [2.75, 3.05) is 18.1 Å². The Kier molecular flexibility index (Phi) is 1.85. The second kappa shape index (κ2) is 3.10. The molecule has 1 saturated heterocycles. The second-order valence-electron chi connectivity index (χ2n) is 4.53. The van der Waals surface area contributed by atoms with E-state index >= 15 is 0 Å². The molecule has 82 valence electrons. The van der Waals surface area contributed by atoms with Crippen LogP contribution in [0.1, 0.15) is 31.1 Å². The first-order chi connectivity index (χ1) is 7.27. The van der Waals surface area contributed by atoms with Gasteiger partial charge in [-0.3, -0.25) is 0 Å². The van der Waals surface area contributed by atoms with E-state index in [2.05, 4.69) is 15.5 Å². The summed E-state index contributed by atoms with van der Waals surface area (Å²) in [7, 11) is 0. The van der Waals surface area contributed by atoms with Gasteiger partial charge < -0.3 is 16.9 Å². The fraction of sp³-hybridized carbons (Fsp3) is 0.778. The Morgan fingerprint density at radius 2 is 2.20 bits per heavy atom. The van der Waals surface area contributed by atoms with Gasteiger partial charge in [0.15, 0.2) is 5.82 Å². The molecular formula is C9H16N6. The molecule has 2 fully saturated rings. The number of hydrogen-bond donors (Lipinski definition) is 3. The molecule has 3 atom stereocenters. The standard InChI is InChI=1S/C9H16N6/c10-9-14-13-8(15(9)11)7-6-3-1-2-5(6)4-12-7/h5-7,12H,1-4,11H2,(H2,10,14). The van der Waals surface area contributed by atoms with Crippen LogP contribution in [0.2, 0.25) is 0 Å². The lowest BCUT2D eigenvalue weighted by Crippen LogP contribution is -2.26. The van der Waals surface area contributed by atoms with Gasteiger partial charge in [0.2, 0.25) is 5.95 Å². The molecule has 0 bridgehead atoms. The van der Waals surface area contributed by atoms with Crippen molar-refractivity contribution in [2.45, 2.75) is 25.3 Å². The topological polar surface area (TPSA) is 94.8 Å².